The van der Waals surface area contributed by atoms with Gasteiger partial charge in [-0.15, -0.1) is 0 Å². The van der Waals surface area contributed by atoms with E-state index >= 15 is 0 Å². The highest BCUT2D eigenvalue weighted by Gasteiger charge is 2.32. The molecule has 1 aliphatic heterocycles. The van der Waals surface area contributed by atoms with Gasteiger partial charge in [-0.25, -0.2) is 0 Å². The maximum atomic E-state index is 11.5. The predicted octanol–water partition coefficient (Wildman–Crippen LogP) is -0.646. The Morgan fingerprint density at radius 3 is 2.54 bits per heavy atom. The minimum absolute atomic E-state index is 0.0119. The molecule has 0 saturated carbocycles. The summed E-state index contributed by atoms with van der Waals surface area (Å²) in [5.74, 6) is 0.771. The Kier molecular flexibility index (Phi) is 3.27. The zero-order valence-corrected chi connectivity index (χ0v) is 8.66. The molecular weight excluding hydrogens is 166 g/mol. The normalized spacial score (nSPS) is 20.9. The lowest BCUT2D eigenvalue weighted by atomic mass is 9.98. The summed E-state index contributed by atoms with van der Waals surface area (Å²) in [5.41, 5.74) is 5.51. The monoisotopic (exact) mass is 185 g/mol. The first-order valence-corrected chi connectivity index (χ1v) is 4.71. The lowest BCUT2D eigenvalue weighted by Crippen LogP contribution is -2.57. The van der Waals surface area contributed by atoms with Crippen molar-refractivity contribution in [2.45, 2.75) is 13.0 Å². The van der Waals surface area contributed by atoms with Crippen LogP contribution < -0.4 is 5.73 Å². The molecule has 0 aromatic heterocycles. The molecule has 0 aliphatic carbocycles. The van der Waals surface area contributed by atoms with Crippen molar-refractivity contribution in [2.24, 2.45) is 11.7 Å². The van der Waals surface area contributed by atoms with Crippen molar-refractivity contribution >= 4 is 5.91 Å². The van der Waals surface area contributed by atoms with Crippen molar-refractivity contribution in [3.05, 3.63) is 0 Å². The molecule has 0 aromatic rings. The topological polar surface area (TPSA) is 49.6 Å². The SMILES string of the molecule is CC(C(=O)N(C)C)N1CC(CN)C1. The Bertz CT molecular complexity index is 187. The van der Waals surface area contributed by atoms with Crippen molar-refractivity contribution < 1.29 is 4.79 Å². The molecule has 76 valence electrons. The van der Waals surface area contributed by atoms with E-state index in [1.807, 2.05) is 6.92 Å². The molecule has 13 heavy (non-hydrogen) atoms. The summed E-state index contributed by atoms with van der Waals surface area (Å²) in [5, 5.41) is 0. The largest absolute Gasteiger partial charge is 0.347 e. The third-order valence-electron chi connectivity index (χ3n) is 2.66. The van der Waals surface area contributed by atoms with Crippen molar-refractivity contribution in [1.29, 1.82) is 0 Å². The number of likely N-dealkylation sites (tertiary alicyclic amines) is 1. The quantitative estimate of drug-likeness (QED) is 0.636. The molecule has 4 nitrogen and oxygen atoms in total. The van der Waals surface area contributed by atoms with E-state index in [1.54, 1.807) is 19.0 Å². The fourth-order valence-electron chi connectivity index (χ4n) is 1.60. The van der Waals surface area contributed by atoms with E-state index in [2.05, 4.69) is 4.90 Å². The molecule has 0 aromatic carbocycles. The van der Waals surface area contributed by atoms with E-state index in [9.17, 15) is 4.79 Å². The van der Waals surface area contributed by atoms with E-state index in [0.717, 1.165) is 19.6 Å². The number of hydrogen-bond donors (Lipinski definition) is 1. The van der Waals surface area contributed by atoms with Gasteiger partial charge in [-0.3, -0.25) is 9.69 Å². The molecule has 0 radical (unpaired) electrons. The second-order valence-corrected chi connectivity index (χ2v) is 3.96. The van der Waals surface area contributed by atoms with Crippen molar-refractivity contribution in [2.75, 3.05) is 33.7 Å². The molecular formula is C9H19N3O. The van der Waals surface area contributed by atoms with E-state index in [0.29, 0.717) is 5.92 Å². The smallest absolute Gasteiger partial charge is 0.239 e. The fourth-order valence-corrected chi connectivity index (χ4v) is 1.60. The second kappa shape index (κ2) is 4.07. The Hall–Kier alpha value is -0.610. The number of carbonyl (C=O) groups excluding carboxylic acids is 1. The van der Waals surface area contributed by atoms with Gasteiger partial charge in [0, 0.05) is 27.2 Å². The van der Waals surface area contributed by atoms with Gasteiger partial charge in [0.1, 0.15) is 0 Å². The van der Waals surface area contributed by atoms with Crippen LogP contribution in [0, 0.1) is 5.92 Å². The Morgan fingerprint density at radius 2 is 2.15 bits per heavy atom. The fraction of sp³-hybridized carbons (Fsp3) is 0.889. The summed E-state index contributed by atoms with van der Waals surface area (Å²) < 4.78 is 0. The summed E-state index contributed by atoms with van der Waals surface area (Å²) in [6.07, 6.45) is 0. The van der Waals surface area contributed by atoms with Crippen LogP contribution in [0.1, 0.15) is 6.92 Å². The number of hydrogen-bond acceptors (Lipinski definition) is 3. The zero-order chi connectivity index (χ0) is 10.0. The number of nitrogens with zero attached hydrogens (tertiary/aromatic N) is 2. The highest BCUT2D eigenvalue weighted by Crippen LogP contribution is 2.17. The number of carbonyl (C=O) groups is 1. The zero-order valence-electron chi connectivity index (χ0n) is 8.66. The lowest BCUT2D eigenvalue weighted by molar-refractivity contribution is -0.136. The minimum Gasteiger partial charge on any atom is -0.347 e. The molecule has 2 N–H and O–H groups in total. The van der Waals surface area contributed by atoms with Crippen molar-refractivity contribution in [1.82, 2.24) is 9.80 Å². The molecule has 4 heteroatoms. The molecule has 1 amide bonds. The number of rotatable bonds is 3. The van der Waals surface area contributed by atoms with Gasteiger partial charge < -0.3 is 10.6 Å². The first kappa shape index (κ1) is 10.5. The van der Waals surface area contributed by atoms with Crippen LogP contribution in [0.2, 0.25) is 0 Å². The van der Waals surface area contributed by atoms with Crippen LogP contribution >= 0.6 is 0 Å². The average molecular weight is 185 g/mol. The van der Waals surface area contributed by atoms with Crippen LogP contribution in [0.3, 0.4) is 0 Å². The van der Waals surface area contributed by atoms with Crippen LogP contribution in [0.4, 0.5) is 0 Å². The van der Waals surface area contributed by atoms with Crippen molar-refractivity contribution in [3.63, 3.8) is 0 Å². The molecule has 0 spiro atoms. The average Bonchev–Trinajstić information content (AvgIpc) is 2.00. The minimum atomic E-state index is 0.0119. The van der Waals surface area contributed by atoms with E-state index in [4.69, 9.17) is 5.73 Å². The molecule has 1 saturated heterocycles. The third-order valence-corrected chi connectivity index (χ3v) is 2.66. The van der Waals surface area contributed by atoms with E-state index < -0.39 is 0 Å². The molecule has 1 rings (SSSR count). The van der Waals surface area contributed by atoms with E-state index in [-0.39, 0.29) is 11.9 Å². The lowest BCUT2D eigenvalue weighted by Gasteiger charge is -2.42. The summed E-state index contributed by atoms with van der Waals surface area (Å²) in [4.78, 5) is 15.3. The summed E-state index contributed by atoms with van der Waals surface area (Å²) in [6.45, 7) is 4.63. The van der Waals surface area contributed by atoms with Gasteiger partial charge in [-0.05, 0) is 19.4 Å². The van der Waals surface area contributed by atoms with Crippen LogP contribution in [-0.2, 0) is 4.79 Å². The summed E-state index contributed by atoms with van der Waals surface area (Å²) in [6, 6.07) is 0.0119. The maximum Gasteiger partial charge on any atom is 0.239 e. The van der Waals surface area contributed by atoms with Gasteiger partial charge in [0.05, 0.1) is 6.04 Å². The summed E-state index contributed by atoms with van der Waals surface area (Å²) >= 11 is 0. The first-order valence-electron chi connectivity index (χ1n) is 4.71. The van der Waals surface area contributed by atoms with Crippen LogP contribution in [0.25, 0.3) is 0 Å². The van der Waals surface area contributed by atoms with Gasteiger partial charge in [-0.1, -0.05) is 0 Å². The van der Waals surface area contributed by atoms with Gasteiger partial charge >= 0.3 is 0 Å². The van der Waals surface area contributed by atoms with Gasteiger partial charge in [0.25, 0.3) is 0 Å². The van der Waals surface area contributed by atoms with Crippen LogP contribution in [0.5, 0.6) is 0 Å². The predicted molar refractivity (Wildman–Crippen MR) is 52.3 cm³/mol. The van der Waals surface area contributed by atoms with Crippen LogP contribution in [-0.4, -0.2) is 55.5 Å². The Labute approximate surface area is 79.7 Å². The maximum absolute atomic E-state index is 11.5. The van der Waals surface area contributed by atoms with E-state index in [1.165, 1.54) is 0 Å². The number of likely N-dealkylation sites (N-methyl/N-ethyl adjacent to an activating group) is 1. The third kappa shape index (κ3) is 2.19. The molecule has 0 bridgehead atoms. The van der Waals surface area contributed by atoms with Gasteiger partial charge in [0.2, 0.25) is 5.91 Å². The standard InChI is InChI=1S/C9H19N3O/c1-7(9(13)11(2)3)12-5-8(4-10)6-12/h7-8H,4-6,10H2,1-3H3. The molecule has 1 atom stereocenters. The Morgan fingerprint density at radius 1 is 1.62 bits per heavy atom. The second-order valence-electron chi connectivity index (χ2n) is 3.96. The molecule has 1 fully saturated rings. The highest BCUT2D eigenvalue weighted by atomic mass is 16.2. The number of nitrogens with two attached hydrogens (primary N) is 1. The summed E-state index contributed by atoms with van der Waals surface area (Å²) in [7, 11) is 3.58. The van der Waals surface area contributed by atoms with Gasteiger partial charge in [0.15, 0.2) is 0 Å². The Balaban J connectivity index is 2.34. The molecule has 1 aliphatic rings. The van der Waals surface area contributed by atoms with Crippen molar-refractivity contribution in [3.8, 4) is 0 Å². The first-order chi connectivity index (χ1) is 6.06. The van der Waals surface area contributed by atoms with Crippen LogP contribution in [0.15, 0.2) is 0 Å². The van der Waals surface area contributed by atoms with Gasteiger partial charge in [-0.2, -0.15) is 0 Å². The highest BCUT2D eigenvalue weighted by molar-refractivity contribution is 5.81. The molecule has 1 heterocycles. The number of amides is 1. The molecule has 1 unspecified atom stereocenters.